The van der Waals surface area contributed by atoms with Gasteiger partial charge in [-0.2, -0.15) is 0 Å². The highest BCUT2D eigenvalue weighted by Gasteiger charge is 2.25. The van der Waals surface area contributed by atoms with E-state index in [-0.39, 0.29) is 23.2 Å². The van der Waals surface area contributed by atoms with E-state index < -0.39 is 0 Å². The molecule has 0 bridgehead atoms. The number of methoxy groups -OCH3 is 1. The number of nitrogens with zero attached hydrogens (tertiary/aromatic N) is 4. The number of halogens is 1. The number of carbonyl (C=O) groups excluding carboxylic acids is 1. The van der Waals surface area contributed by atoms with Gasteiger partial charge in [-0.15, -0.1) is 0 Å². The largest absolute Gasteiger partial charge is 0.494 e. The zero-order chi connectivity index (χ0) is 20.2. The van der Waals surface area contributed by atoms with Gasteiger partial charge in [-0.05, 0) is 29.8 Å². The molecule has 1 aliphatic heterocycles. The van der Waals surface area contributed by atoms with E-state index in [2.05, 4.69) is 15.0 Å². The number of rotatable bonds is 5. The molecule has 3 heterocycles. The maximum atomic E-state index is 13.9. The van der Waals surface area contributed by atoms with Crippen molar-refractivity contribution in [1.29, 1.82) is 0 Å². The molecular weight excluding hydrogens is 375 g/mol. The third kappa shape index (κ3) is 4.27. The molecule has 0 saturated carbocycles. The molecule has 8 heteroatoms. The van der Waals surface area contributed by atoms with Crippen LogP contribution >= 0.6 is 0 Å². The lowest BCUT2D eigenvalue weighted by Gasteiger charge is -2.34. The number of hydrogen-bond acceptors (Lipinski definition) is 6. The highest BCUT2D eigenvalue weighted by atomic mass is 19.1. The number of aromatic nitrogens is 2. The van der Waals surface area contributed by atoms with Crippen LogP contribution in [0.25, 0.3) is 11.3 Å². The van der Waals surface area contributed by atoms with Gasteiger partial charge in [-0.3, -0.25) is 14.7 Å². The van der Waals surface area contributed by atoms with Gasteiger partial charge < -0.3 is 14.2 Å². The highest BCUT2D eigenvalue weighted by Crippen LogP contribution is 2.21. The molecule has 4 rings (SSSR count). The summed E-state index contributed by atoms with van der Waals surface area (Å²) >= 11 is 0. The Bertz CT molecular complexity index is 985. The monoisotopic (exact) mass is 396 g/mol. The van der Waals surface area contributed by atoms with E-state index in [9.17, 15) is 9.18 Å². The zero-order valence-electron chi connectivity index (χ0n) is 16.0. The van der Waals surface area contributed by atoms with Gasteiger partial charge in [0, 0.05) is 56.7 Å². The Labute approximate surface area is 167 Å². The van der Waals surface area contributed by atoms with E-state index in [4.69, 9.17) is 9.26 Å². The fourth-order valence-electron chi connectivity index (χ4n) is 3.36. The number of amides is 1. The molecule has 1 saturated heterocycles. The Balaban J connectivity index is 1.34. The second-order valence-corrected chi connectivity index (χ2v) is 6.86. The van der Waals surface area contributed by atoms with Crippen molar-refractivity contribution < 1.29 is 18.4 Å². The fraction of sp³-hybridized carbons (Fsp3) is 0.286. The van der Waals surface area contributed by atoms with Crippen LogP contribution in [0.2, 0.25) is 0 Å². The van der Waals surface area contributed by atoms with Gasteiger partial charge >= 0.3 is 0 Å². The van der Waals surface area contributed by atoms with Gasteiger partial charge in [-0.25, -0.2) is 4.39 Å². The number of ether oxygens (including phenoxy) is 1. The van der Waals surface area contributed by atoms with Crippen molar-refractivity contribution in [3.05, 3.63) is 65.9 Å². The summed E-state index contributed by atoms with van der Waals surface area (Å²) in [6.07, 6.45) is 3.33. The maximum absolute atomic E-state index is 13.9. The van der Waals surface area contributed by atoms with E-state index in [0.29, 0.717) is 38.5 Å². The summed E-state index contributed by atoms with van der Waals surface area (Å²) in [6.45, 7) is 3.18. The number of pyridine rings is 1. The predicted molar refractivity (Wildman–Crippen MR) is 104 cm³/mol. The van der Waals surface area contributed by atoms with Crippen molar-refractivity contribution in [3.8, 4) is 17.1 Å². The molecule has 1 aliphatic rings. The minimum Gasteiger partial charge on any atom is -0.494 e. The molecule has 29 heavy (non-hydrogen) atoms. The molecule has 1 amide bonds. The molecule has 0 N–H and O–H groups in total. The smallest absolute Gasteiger partial charge is 0.276 e. The summed E-state index contributed by atoms with van der Waals surface area (Å²) < 4.78 is 24.1. The molecule has 2 aromatic heterocycles. The van der Waals surface area contributed by atoms with Crippen LogP contribution in [0.1, 0.15) is 16.1 Å². The summed E-state index contributed by atoms with van der Waals surface area (Å²) in [4.78, 5) is 20.7. The normalized spacial score (nSPS) is 14.8. The Hall–Kier alpha value is -3.26. The van der Waals surface area contributed by atoms with E-state index in [1.807, 2.05) is 12.1 Å². The summed E-state index contributed by atoms with van der Waals surface area (Å²) in [7, 11) is 1.45. The van der Waals surface area contributed by atoms with Crippen LogP contribution in [0.5, 0.6) is 5.75 Å². The highest BCUT2D eigenvalue weighted by molar-refractivity contribution is 5.93. The lowest BCUT2D eigenvalue weighted by molar-refractivity contribution is 0.0618. The third-order valence-corrected chi connectivity index (χ3v) is 4.96. The molecule has 0 unspecified atom stereocenters. The van der Waals surface area contributed by atoms with Crippen molar-refractivity contribution in [2.24, 2.45) is 0 Å². The van der Waals surface area contributed by atoms with E-state index in [0.717, 1.165) is 11.1 Å². The summed E-state index contributed by atoms with van der Waals surface area (Å²) in [5.74, 6) is 0.234. The first-order chi connectivity index (χ1) is 14.1. The molecule has 3 aromatic rings. The van der Waals surface area contributed by atoms with Gasteiger partial charge in [0.1, 0.15) is 0 Å². The van der Waals surface area contributed by atoms with Crippen LogP contribution < -0.4 is 4.74 Å². The number of piperazine rings is 1. The number of carbonyl (C=O) groups is 1. The Kier molecular flexibility index (Phi) is 5.53. The quantitative estimate of drug-likeness (QED) is 0.660. The molecule has 0 radical (unpaired) electrons. The van der Waals surface area contributed by atoms with Gasteiger partial charge in [0.25, 0.3) is 5.91 Å². The second kappa shape index (κ2) is 8.40. The molecule has 1 aromatic carbocycles. The predicted octanol–water partition coefficient (Wildman–Crippen LogP) is 2.84. The fourth-order valence-corrected chi connectivity index (χ4v) is 3.36. The number of benzene rings is 1. The molecule has 7 nitrogen and oxygen atoms in total. The van der Waals surface area contributed by atoms with Crippen molar-refractivity contribution >= 4 is 5.91 Å². The first kappa shape index (κ1) is 19.1. The van der Waals surface area contributed by atoms with Crippen LogP contribution in [0.4, 0.5) is 4.39 Å². The molecule has 150 valence electrons. The standard InChI is InChI=1S/C21H21FN4O3/c1-28-19-5-4-15(11-17(19)22)14-25-7-9-26(10-8-25)21(27)18-12-20(29-24-18)16-3-2-6-23-13-16/h2-6,11-13H,7-10,14H2,1H3. The minimum absolute atomic E-state index is 0.154. The lowest BCUT2D eigenvalue weighted by Crippen LogP contribution is -2.48. The van der Waals surface area contributed by atoms with E-state index in [1.54, 1.807) is 35.5 Å². The average Bonchev–Trinajstić information content (AvgIpc) is 3.25. The van der Waals surface area contributed by atoms with Crippen LogP contribution in [0, 0.1) is 5.82 Å². The zero-order valence-corrected chi connectivity index (χ0v) is 16.0. The summed E-state index contributed by atoms with van der Waals surface area (Å²) in [6, 6.07) is 10.3. The molecule has 0 atom stereocenters. The Morgan fingerprint density at radius 1 is 1.21 bits per heavy atom. The topological polar surface area (TPSA) is 71.7 Å². The lowest BCUT2D eigenvalue weighted by atomic mass is 10.1. The molecule has 0 aliphatic carbocycles. The second-order valence-electron chi connectivity index (χ2n) is 6.86. The van der Waals surface area contributed by atoms with Crippen molar-refractivity contribution in [2.75, 3.05) is 33.3 Å². The third-order valence-electron chi connectivity index (χ3n) is 4.96. The van der Waals surface area contributed by atoms with Crippen molar-refractivity contribution in [3.63, 3.8) is 0 Å². The van der Waals surface area contributed by atoms with Crippen molar-refractivity contribution in [1.82, 2.24) is 19.9 Å². The maximum Gasteiger partial charge on any atom is 0.276 e. The first-order valence-corrected chi connectivity index (χ1v) is 9.35. The Morgan fingerprint density at radius 2 is 2.03 bits per heavy atom. The number of hydrogen-bond donors (Lipinski definition) is 0. The average molecular weight is 396 g/mol. The van der Waals surface area contributed by atoms with Crippen LogP contribution in [0.3, 0.4) is 0 Å². The summed E-state index contributed by atoms with van der Waals surface area (Å²) in [5, 5.41) is 3.92. The minimum atomic E-state index is -0.366. The van der Waals surface area contributed by atoms with Crippen LogP contribution in [-0.2, 0) is 6.54 Å². The molecule has 0 spiro atoms. The van der Waals surface area contributed by atoms with E-state index in [1.165, 1.54) is 13.2 Å². The van der Waals surface area contributed by atoms with Gasteiger partial charge in [0.2, 0.25) is 0 Å². The molecular formula is C21H21FN4O3. The van der Waals surface area contributed by atoms with Gasteiger partial charge in [0.05, 0.1) is 7.11 Å². The Morgan fingerprint density at radius 3 is 2.72 bits per heavy atom. The SMILES string of the molecule is COc1ccc(CN2CCN(C(=O)c3cc(-c4cccnc4)on3)CC2)cc1F. The van der Waals surface area contributed by atoms with Gasteiger partial charge in [0.15, 0.2) is 23.0 Å². The summed E-state index contributed by atoms with van der Waals surface area (Å²) in [5.41, 5.74) is 1.94. The van der Waals surface area contributed by atoms with Crippen LogP contribution in [0.15, 0.2) is 53.3 Å². The molecule has 1 fully saturated rings. The van der Waals surface area contributed by atoms with Gasteiger partial charge in [-0.1, -0.05) is 11.2 Å². The van der Waals surface area contributed by atoms with E-state index >= 15 is 0 Å². The first-order valence-electron chi connectivity index (χ1n) is 9.35. The van der Waals surface area contributed by atoms with Crippen LogP contribution in [-0.4, -0.2) is 59.1 Å². The van der Waals surface area contributed by atoms with Crippen molar-refractivity contribution in [2.45, 2.75) is 6.54 Å².